The summed E-state index contributed by atoms with van der Waals surface area (Å²) < 4.78 is 5.34. The normalized spacial score (nSPS) is 11.6. The second-order valence-electron chi connectivity index (χ2n) is 5.59. The van der Waals surface area contributed by atoms with Crippen molar-refractivity contribution in [1.29, 1.82) is 0 Å². The average molecular weight is 236 g/mol. The maximum atomic E-state index is 11.9. The fourth-order valence-electron chi connectivity index (χ4n) is 1.55. The molecule has 0 radical (unpaired) electrons. The van der Waals surface area contributed by atoms with Crippen molar-refractivity contribution in [3.05, 3.63) is 35.4 Å². The van der Waals surface area contributed by atoms with Gasteiger partial charge in [0.2, 0.25) is 0 Å². The third-order valence-electron chi connectivity index (χ3n) is 2.12. The number of ether oxygens (including phenoxy) is 1. The van der Waals surface area contributed by atoms with Crippen LogP contribution in [0.15, 0.2) is 24.3 Å². The van der Waals surface area contributed by atoms with Gasteiger partial charge in [0.25, 0.3) is 0 Å². The van der Waals surface area contributed by atoms with E-state index in [-0.39, 0.29) is 5.97 Å². The molecule has 0 aromatic heterocycles. The maximum Gasteiger partial charge on any atom is 0.338 e. The summed E-state index contributed by atoms with van der Waals surface area (Å²) in [6.07, 6.45) is 0. The Kier molecular flexibility index (Phi) is 4.29. The van der Waals surface area contributed by atoms with Gasteiger partial charge in [-0.3, -0.25) is 0 Å². The van der Waals surface area contributed by atoms with Crippen molar-refractivity contribution in [2.75, 3.05) is 14.1 Å². The zero-order valence-electron chi connectivity index (χ0n) is 11.3. The van der Waals surface area contributed by atoms with Crippen molar-refractivity contribution >= 4 is 5.97 Å². The quantitative estimate of drug-likeness (QED) is 0.802. The van der Waals surface area contributed by atoms with Crippen molar-refractivity contribution in [2.45, 2.75) is 32.9 Å². The lowest BCUT2D eigenvalue weighted by atomic mass is 10.1. The smallest absolute Gasteiger partial charge is 0.338 e. The molecule has 0 heterocycles. The topological polar surface area (TPSA) is 30.7 Å². The zero-order chi connectivity index (χ0) is 13.1. The lowest BCUT2D eigenvalue weighted by molar-refractivity contribution is -0.872. The summed E-state index contributed by atoms with van der Waals surface area (Å²) in [6.45, 7) is 6.52. The van der Waals surface area contributed by atoms with Crippen LogP contribution in [0.5, 0.6) is 0 Å². The molecule has 0 unspecified atom stereocenters. The molecule has 3 nitrogen and oxygen atoms in total. The third kappa shape index (κ3) is 5.00. The summed E-state index contributed by atoms with van der Waals surface area (Å²) in [7, 11) is 4.17. The summed E-state index contributed by atoms with van der Waals surface area (Å²) in [6, 6.07) is 7.63. The summed E-state index contributed by atoms with van der Waals surface area (Å²) in [5, 5.41) is 0. The van der Waals surface area contributed by atoms with Crippen molar-refractivity contribution < 1.29 is 14.4 Å². The fraction of sp³-hybridized carbons (Fsp3) is 0.500. The first-order valence-corrected chi connectivity index (χ1v) is 5.89. The predicted molar refractivity (Wildman–Crippen MR) is 68.1 cm³/mol. The van der Waals surface area contributed by atoms with Crippen LogP contribution in [-0.4, -0.2) is 25.7 Å². The van der Waals surface area contributed by atoms with Crippen LogP contribution in [0.2, 0.25) is 0 Å². The van der Waals surface area contributed by atoms with Gasteiger partial charge in [-0.2, -0.15) is 0 Å². The van der Waals surface area contributed by atoms with E-state index in [0.29, 0.717) is 5.56 Å². The summed E-state index contributed by atoms with van der Waals surface area (Å²) >= 11 is 0. The standard InChI is InChI=1S/C14H21NO2/c1-14(2,3)17-13(16)12-8-6-7-11(9-12)10-15(4)5/h6-9H,10H2,1-5H3/p+1. The highest BCUT2D eigenvalue weighted by Gasteiger charge is 2.18. The lowest BCUT2D eigenvalue weighted by Crippen LogP contribution is -3.04. The van der Waals surface area contributed by atoms with Gasteiger partial charge in [-0.15, -0.1) is 0 Å². The molecule has 0 atom stereocenters. The van der Waals surface area contributed by atoms with Crippen molar-refractivity contribution in [1.82, 2.24) is 0 Å². The number of benzene rings is 1. The van der Waals surface area contributed by atoms with Crippen LogP contribution < -0.4 is 4.90 Å². The summed E-state index contributed by atoms with van der Waals surface area (Å²) in [4.78, 5) is 13.2. The highest BCUT2D eigenvalue weighted by Crippen LogP contribution is 2.13. The van der Waals surface area contributed by atoms with Gasteiger partial charge in [0.1, 0.15) is 12.1 Å². The molecule has 1 aromatic rings. The van der Waals surface area contributed by atoms with Gasteiger partial charge in [0, 0.05) is 5.56 Å². The van der Waals surface area contributed by atoms with E-state index in [1.807, 2.05) is 39.0 Å². The minimum Gasteiger partial charge on any atom is -0.456 e. The summed E-state index contributed by atoms with van der Waals surface area (Å²) in [5.41, 5.74) is 1.33. The first kappa shape index (κ1) is 13.7. The molecule has 0 aliphatic carbocycles. The molecule has 0 aliphatic rings. The number of esters is 1. The first-order chi connectivity index (χ1) is 7.78. The molecule has 0 spiro atoms. The molecule has 94 valence electrons. The molecule has 0 saturated heterocycles. The molecule has 1 N–H and O–H groups in total. The highest BCUT2D eigenvalue weighted by atomic mass is 16.6. The molecule has 1 rings (SSSR count). The molecule has 0 fully saturated rings. The van der Waals surface area contributed by atoms with Crippen LogP contribution in [0, 0.1) is 0 Å². The highest BCUT2D eigenvalue weighted by molar-refractivity contribution is 5.89. The molecule has 17 heavy (non-hydrogen) atoms. The number of carbonyl (C=O) groups is 1. The Morgan fingerprint density at radius 1 is 1.29 bits per heavy atom. The van der Waals surface area contributed by atoms with Gasteiger partial charge >= 0.3 is 5.97 Å². The van der Waals surface area contributed by atoms with Gasteiger partial charge in [0.05, 0.1) is 19.7 Å². The molecule has 0 bridgehead atoms. The molecular weight excluding hydrogens is 214 g/mol. The van der Waals surface area contributed by atoms with Crippen LogP contribution >= 0.6 is 0 Å². The van der Waals surface area contributed by atoms with Gasteiger partial charge in [-0.25, -0.2) is 4.79 Å². The first-order valence-electron chi connectivity index (χ1n) is 5.89. The molecule has 0 aliphatic heterocycles. The third-order valence-corrected chi connectivity index (χ3v) is 2.12. The van der Waals surface area contributed by atoms with E-state index in [2.05, 4.69) is 14.1 Å². The second kappa shape index (κ2) is 5.32. The number of hydrogen-bond acceptors (Lipinski definition) is 2. The van der Waals surface area contributed by atoms with Gasteiger partial charge < -0.3 is 9.64 Å². The predicted octanol–water partition coefficient (Wildman–Crippen LogP) is 1.29. The fourth-order valence-corrected chi connectivity index (χ4v) is 1.55. The zero-order valence-corrected chi connectivity index (χ0v) is 11.3. The average Bonchev–Trinajstić information content (AvgIpc) is 2.14. The SMILES string of the molecule is C[NH+](C)Cc1cccc(C(=O)OC(C)(C)C)c1. The van der Waals surface area contributed by atoms with Crippen LogP contribution in [-0.2, 0) is 11.3 Å². The Balaban J connectivity index is 2.81. The van der Waals surface area contributed by atoms with Crippen LogP contribution in [0.4, 0.5) is 0 Å². The largest absolute Gasteiger partial charge is 0.456 e. The van der Waals surface area contributed by atoms with E-state index < -0.39 is 5.60 Å². The number of nitrogens with one attached hydrogen (secondary N) is 1. The van der Waals surface area contributed by atoms with E-state index in [1.54, 1.807) is 6.07 Å². The minimum atomic E-state index is -0.445. The number of carbonyl (C=O) groups excluding carboxylic acids is 1. The Morgan fingerprint density at radius 3 is 2.47 bits per heavy atom. The number of quaternary nitrogens is 1. The van der Waals surface area contributed by atoms with Gasteiger partial charge in [-0.05, 0) is 32.9 Å². The van der Waals surface area contributed by atoms with Crippen molar-refractivity contribution in [3.63, 3.8) is 0 Å². The number of rotatable bonds is 3. The molecule has 0 saturated carbocycles. The van der Waals surface area contributed by atoms with Crippen LogP contribution in [0.1, 0.15) is 36.7 Å². The minimum absolute atomic E-state index is 0.256. The van der Waals surface area contributed by atoms with Crippen molar-refractivity contribution in [3.8, 4) is 0 Å². The molecule has 1 aromatic carbocycles. The monoisotopic (exact) mass is 236 g/mol. The Hall–Kier alpha value is -1.35. The van der Waals surface area contributed by atoms with E-state index in [0.717, 1.165) is 12.1 Å². The van der Waals surface area contributed by atoms with Gasteiger partial charge in [0.15, 0.2) is 0 Å². The van der Waals surface area contributed by atoms with E-state index in [1.165, 1.54) is 4.90 Å². The van der Waals surface area contributed by atoms with Crippen LogP contribution in [0.25, 0.3) is 0 Å². The molecule has 3 heteroatoms. The Morgan fingerprint density at radius 2 is 1.94 bits per heavy atom. The van der Waals surface area contributed by atoms with Crippen molar-refractivity contribution in [2.24, 2.45) is 0 Å². The summed E-state index contributed by atoms with van der Waals surface area (Å²) in [5.74, 6) is -0.256. The lowest BCUT2D eigenvalue weighted by Gasteiger charge is -2.19. The molecular formula is C14H22NO2+. The second-order valence-corrected chi connectivity index (χ2v) is 5.59. The van der Waals surface area contributed by atoms with E-state index >= 15 is 0 Å². The Bertz CT molecular complexity index is 391. The molecule has 0 amide bonds. The van der Waals surface area contributed by atoms with Gasteiger partial charge in [-0.1, -0.05) is 12.1 Å². The van der Waals surface area contributed by atoms with E-state index in [9.17, 15) is 4.79 Å². The number of hydrogen-bond donors (Lipinski definition) is 1. The Labute approximate surface area is 103 Å². The maximum absolute atomic E-state index is 11.9. The van der Waals surface area contributed by atoms with Crippen LogP contribution in [0.3, 0.4) is 0 Å². The van der Waals surface area contributed by atoms with E-state index in [4.69, 9.17) is 4.74 Å².